The van der Waals surface area contributed by atoms with Crippen LogP contribution in [0.5, 0.6) is 5.75 Å². The third kappa shape index (κ3) is 2.41. The maximum absolute atomic E-state index is 13.4. The summed E-state index contributed by atoms with van der Waals surface area (Å²) in [5.41, 5.74) is 0.0325. The van der Waals surface area contributed by atoms with Gasteiger partial charge < -0.3 is 5.11 Å². The largest absolute Gasteiger partial charge is 0.508 e. The predicted molar refractivity (Wildman–Crippen MR) is 112 cm³/mol. The van der Waals surface area contributed by atoms with Crippen LogP contribution in [0.4, 0.5) is 0 Å². The van der Waals surface area contributed by atoms with Crippen LogP contribution < -0.4 is 11.4 Å². The van der Waals surface area contributed by atoms with Gasteiger partial charge in [-0.3, -0.25) is 9.59 Å². The molecule has 160 valence electrons. The average Bonchev–Trinajstić information content (AvgIpc) is 2.95. The molecule has 0 amide bonds. The fraction of sp³-hybridized carbons (Fsp3) is 0.391. The van der Waals surface area contributed by atoms with Gasteiger partial charge in [0.1, 0.15) is 5.75 Å². The van der Waals surface area contributed by atoms with E-state index in [1.165, 1.54) is 22.5 Å². The Balaban J connectivity index is 1.80. The summed E-state index contributed by atoms with van der Waals surface area (Å²) in [5.74, 6) is -1.35. The highest BCUT2D eigenvalue weighted by Crippen LogP contribution is 2.59. The van der Waals surface area contributed by atoms with Crippen molar-refractivity contribution in [1.82, 2.24) is 13.9 Å². The number of aromatic nitrogens is 3. The van der Waals surface area contributed by atoms with Gasteiger partial charge in [0.05, 0.1) is 18.0 Å². The number of phenols is 1. The first-order valence-corrected chi connectivity index (χ1v) is 10.3. The van der Waals surface area contributed by atoms with Gasteiger partial charge in [0.25, 0.3) is 0 Å². The second kappa shape index (κ2) is 6.29. The van der Waals surface area contributed by atoms with Crippen molar-refractivity contribution in [3.05, 3.63) is 74.1 Å². The third-order valence-electron chi connectivity index (χ3n) is 7.33. The first-order chi connectivity index (χ1) is 14.7. The van der Waals surface area contributed by atoms with Crippen molar-refractivity contribution in [2.75, 3.05) is 0 Å². The van der Waals surface area contributed by atoms with Gasteiger partial charge >= 0.3 is 11.4 Å². The molecule has 1 aliphatic heterocycles. The zero-order chi connectivity index (χ0) is 22.2. The summed E-state index contributed by atoms with van der Waals surface area (Å²) in [6.07, 6.45) is 3.57. The van der Waals surface area contributed by atoms with Crippen LogP contribution in [-0.4, -0.2) is 30.6 Å². The van der Waals surface area contributed by atoms with E-state index < -0.39 is 34.7 Å². The number of carbonyl (C=O) groups excluding carboxylic acids is 2. The van der Waals surface area contributed by atoms with E-state index in [4.69, 9.17) is 0 Å². The molecule has 0 radical (unpaired) electrons. The summed E-state index contributed by atoms with van der Waals surface area (Å²) in [4.78, 5) is 52.1. The van der Waals surface area contributed by atoms with Gasteiger partial charge in [-0.05, 0) is 48.3 Å². The van der Waals surface area contributed by atoms with Crippen molar-refractivity contribution >= 4 is 11.6 Å². The number of fused-ring (bicyclic) bond motifs is 4. The van der Waals surface area contributed by atoms with E-state index >= 15 is 0 Å². The van der Waals surface area contributed by atoms with Crippen LogP contribution in [0.1, 0.15) is 37.8 Å². The molecule has 0 spiro atoms. The minimum absolute atomic E-state index is 0.0614. The number of benzene rings is 1. The number of rotatable bonds is 1. The molecule has 2 aliphatic carbocycles. The van der Waals surface area contributed by atoms with Gasteiger partial charge in [0, 0.05) is 18.9 Å². The van der Waals surface area contributed by atoms with Crippen molar-refractivity contribution in [1.29, 1.82) is 0 Å². The number of carbonyl (C=O) groups is 2. The van der Waals surface area contributed by atoms with E-state index in [1.54, 1.807) is 25.1 Å². The monoisotopic (exact) mass is 421 g/mol. The molecule has 8 nitrogen and oxygen atoms in total. The Kier molecular flexibility index (Phi) is 3.96. The summed E-state index contributed by atoms with van der Waals surface area (Å²) in [5, 5.41) is 10.1. The standard InChI is InChI=1S/C23H23N3O5/c1-12-9-18(28)23(2)16(20(12)29)11-17-15(19(23)13-5-4-6-14(27)10-13)7-8-25-21(30)24(3)22(31)26(17)25/h4-7,9-10,16-17,19,27H,8,11H2,1-3H3/t16-,17+,19-,23-/m0/s1. The van der Waals surface area contributed by atoms with E-state index in [9.17, 15) is 24.3 Å². The molecular formula is C23H23N3O5. The number of nitrogens with zero attached hydrogens (tertiary/aromatic N) is 3. The molecule has 8 heteroatoms. The lowest BCUT2D eigenvalue weighted by atomic mass is 9.51. The normalized spacial score (nSPS) is 29.6. The van der Waals surface area contributed by atoms with Crippen LogP contribution in [0, 0.1) is 11.3 Å². The maximum atomic E-state index is 13.4. The lowest BCUT2D eigenvalue weighted by Crippen LogP contribution is -2.54. The van der Waals surface area contributed by atoms with E-state index in [-0.39, 0.29) is 30.3 Å². The van der Waals surface area contributed by atoms with Crippen molar-refractivity contribution in [2.24, 2.45) is 18.4 Å². The SMILES string of the molecule is CC1=CC(=O)[C@@]2(C)[C@@H](c3cccc(O)c3)C3=CCn4c(=O)n(C)c(=O)n4[C@@H]3C[C@H]2C1=O. The Morgan fingerprint density at radius 2 is 1.87 bits per heavy atom. The average molecular weight is 421 g/mol. The molecule has 3 aliphatic rings. The number of ketones is 2. The molecule has 0 bridgehead atoms. The van der Waals surface area contributed by atoms with Crippen molar-refractivity contribution < 1.29 is 14.7 Å². The van der Waals surface area contributed by atoms with Crippen LogP contribution in [0.2, 0.25) is 0 Å². The first kappa shape index (κ1) is 19.5. The molecule has 1 fully saturated rings. The maximum Gasteiger partial charge on any atom is 0.347 e. The summed E-state index contributed by atoms with van der Waals surface area (Å²) < 4.78 is 3.88. The van der Waals surface area contributed by atoms with E-state index in [0.29, 0.717) is 11.1 Å². The molecule has 5 rings (SSSR count). The van der Waals surface area contributed by atoms with Crippen LogP contribution in [0.3, 0.4) is 0 Å². The number of Topliss-reactive ketones (excluding diaryl/α,β-unsaturated/α-hetero) is 1. The summed E-state index contributed by atoms with van der Waals surface area (Å²) in [6.45, 7) is 3.65. The van der Waals surface area contributed by atoms with Crippen molar-refractivity contribution in [3.63, 3.8) is 0 Å². The molecule has 2 aromatic rings. The lowest BCUT2D eigenvalue weighted by molar-refractivity contribution is -0.139. The number of hydrogen-bond acceptors (Lipinski definition) is 5. The highest BCUT2D eigenvalue weighted by molar-refractivity contribution is 6.13. The summed E-state index contributed by atoms with van der Waals surface area (Å²) in [7, 11) is 1.44. The Hall–Kier alpha value is -3.42. The van der Waals surface area contributed by atoms with Crippen molar-refractivity contribution in [2.45, 2.75) is 38.8 Å². The Bertz CT molecular complexity index is 1340. The summed E-state index contributed by atoms with van der Waals surface area (Å²) >= 11 is 0. The second-order valence-electron chi connectivity index (χ2n) is 8.93. The topological polar surface area (TPSA) is 103 Å². The second-order valence-corrected chi connectivity index (χ2v) is 8.93. The molecular weight excluding hydrogens is 398 g/mol. The van der Waals surface area contributed by atoms with E-state index in [1.807, 2.05) is 19.1 Å². The lowest BCUT2D eigenvalue weighted by Gasteiger charge is -2.52. The Morgan fingerprint density at radius 3 is 2.58 bits per heavy atom. The van der Waals surface area contributed by atoms with Gasteiger partial charge in [-0.25, -0.2) is 23.5 Å². The van der Waals surface area contributed by atoms with Gasteiger partial charge in [-0.2, -0.15) is 0 Å². The molecule has 1 N–H and O–H groups in total. The fourth-order valence-electron chi connectivity index (χ4n) is 5.74. The molecule has 4 atom stereocenters. The molecule has 0 saturated heterocycles. The van der Waals surface area contributed by atoms with E-state index in [2.05, 4.69) is 0 Å². The van der Waals surface area contributed by atoms with Crippen LogP contribution in [0.25, 0.3) is 0 Å². The number of hydrogen-bond donors (Lipinski definition) is 1. The Labute approximate surface area is 177 Å². The number of aromatic hydroxyl groups is 1. The third-order valence-corrected chi connectivity index (χ3v) is 7.33. The van der Waals surface area contributed by atoms with Crippen molar-refractivity contribution in [3.8, 4) is 5.75 Å². The number of allylic oxidation sites excluding steroid dienone is 4. The fourth-order valence-corrected chi connectivity index (χ4v) is 5.74. The van der Waals surface area contributed by atoms with Gasteiger partial charge in [-0.15, -0.1) is 0 Å². The van der Waals surface area contributed by atoms with Crippen LogP contribution >= 0.6 is 0 Å². The quantitative estimate of drug-likeness (QED) is 0.702. The summed E-state index contributed by atoms with van der Waals surface area (Å²) in [6, 6.07) is 6.17. The molecule has 1 aromatic carbocycles. The molecule has 2 heterocycles. The van der Waals surface area contributed by atoms with Gasteiger partial charge in [-0.1, -0.05) is 25.1 Å². The number of phenolic OH excluding ortho intramolecular Hbond substituents is 1. The van der Waals surface area contributed by atoms with Crippen LogP contribution in [-0.2, 0) is 23.2 Å². The predicted octanol–water partition coefficient (Wildman–Crippen LogP) is 1.44. The highest BCUT2D eigenvalue weighted by atomic mass is 16.3. The molecule has 31 heavy (non-hydrogen) atoms. The molecule has 0 unspecified atom stereocenters. The zero-order valence-corrected chi connectivity index (χ0v) is 17.5. The smallest absolute Gasteiger partial charge is 0.347 e. The van der Waals surface area contributed by atoms with Crippen LogP contribution in [0.15, 0.2) is 57.2 Å². The minimum atomic E-state index is -1.05. The van der Waals surface area contributed by atoms with Gasteiger partial charge in [0.2, 0.25) is 0 Å². The minimum Gasteiger partial charge on any atom is -0.508 e. The molecule has 1 aromatic heterocycles. The Morgan fingerprint density at radius 1 is 1.13 bits per heavy atom. The highest BCUT2D eigenvalue weighted by Gasteiger charge is 2.59. The van der Waals surface area contributed by atoms with E-state index in [0.717, 1.165) is 10.1 Å². The molecule has 1 saturated carbocycles. The first-order valence-electron chi connectivity index (χ1n) is 10.3. The van der Waals surface area contributed by atoms with Gasteiger partial charge in [0.15, 0.2) is 11.6 Å². The zero-order valence-electron chi connectivity index (χ0n) is 17.5.